The minimum atomic E-state index is -0.0697. The number of rotatable bonds is 3. The molecule has 0 aliphatic carbocycles. The lowest BCUT2D eigenvalue weighted by Crippen LogP contribution is -2.19. The minimum Gasteiger partial charge on any atom is -0.399 e. The quantitative estimate of drug-likeness (QED) is 0.811. The molecule has 0 bridgehead atoms. The molecule has 0 aliphatic heterocycles. The molecule has 18 heavy (non-hydrogen) atoms. The van der Waals surface area contributed by atoms with Gasteiger partial charge >= 0.3 is 0 Å². The van der Waals surface area contributed by atoms with Crippen LogP contribution < -0.4 is 11.1 Å². The molecule has 5 heteroatoms. The van der Waals surface area contributed by atoms with Gasteiger partial charge in [-0.2, -0.15) is 5.10 Å². The van der Waals surface area contributed by atoms with Gasteiger partial charge in [0.05, 0.1) is 11.9 Å². The fraction of sp³-hybridized carbons (Fsp3) is 0.231. The van der Waals surface area contributed by atoms with Gasteiger partial charge in [0.2, 0.25) is 5.91 Å². The van der Waals surface area contributed by atoms with E-state index in [9.17, 15) is 4.79 Å². The number of anilines is 2. The van der Waals surface area contributed by atoms with Crippen molar-refractivity contribution in [1.82, 2.24) is 9.78 Å². The second-order valence-electron chi connectivity index (χ2n) is 4.36. The van der Waals surface area contributed by atoms with Crippen molar-refractivity contribution in [2.24, 2.45) is 5.92 Å². The van der Waals surface area contributed by atoms with E-state index in [1.165, 1.54) is 0 Å². The fourth-order valence-corrected chi connectivity index (χ4v) is 1.49. The second kappa shape index (κ2) is 4.91. The lowest BCUT2D eigenvalue weighted by Gasteiger charge is -2.10. The lowest BCUT2D eigenvalue weighted by atomic mass is 10.2. The molecular weight excluding hydrogens is 228 g/mol. The number of carbonyl (C=O) groups excluding carboxylic acids is 1. The van der Waals surface area contributed by atoms with Crippen molar-refractivity contribution in [3.05, 3.63) is 36.5 Å². The van der Waals surface area contributed by atoms with Gasteiger partial charge in [-0.15, -0.1) is 0 Å². The summed E-state index contributed by atoms with van der Waals surface area (Å²) >= 11 is 0. The summed E-state index contributed by atoms with van der Waals surface area (Å²) in [6, 6.07) is 9.06. The third kappa shape index (κ3) is 2.51. The number of amides is 1. The molecule has 1 aromatic heterocycles. The van der Waals surface area contributed by atoms with Crippen LogP contribution in [0.5, 0.6) is 0 Å². The van der Waals surface area contributed by atoms with E-state index in [1.54, 1.807) is 29.1 Å². The molecule has 1 amide bonds. The molecular formula is C13H16N4O. The van der Waals surface area contributed by atoms with Crippen LogP contribution in [-0.4, -0.2) is 15.7 Å². The highest BCUT2D eigenvalue weighted by Crippen LogP contribution is 2.16. The van der Waals surface area contributed by atoms with Gasteiger partial charge in [-0.3, -0.25) is 4.79 Å². The number of aromatic nitrogens is 2. The molecule has 0 saturated carbocycles. The van der Waals surface area contributed by atoms with E-state index in [0.29, 0.717) is 11.5 Å². The van der Waals surface area contributed by atoms with Gasteiger partial charge in [-0.05, 0) is 24.3 Å². The van der Waals surface area contributed by atoms with Gasteiger partial charge in [-0.1, -0.05) is 13.8 Å². The highest BCUT2D eigenvalue weighted by atomic mass is 16.1. The predicted octanol–water partition coefficient (Wildman–Crippen LogP) is 2.05. The van der Waals surface area contributed by atoms with Gasteiger partial charge in [0.25, 0.3) is 0 Å². The zero-order valence-corrected chi connectivity index (χ0v) is 10.4. The molecule has 1 heterocycles. The van der Waals surface area contributed by atoms with Crippen LogP contribution in [0.4, 0.5) is 11.5 Å². The number of nitrogen functional groups attached to an aromatic ring is 1. The van der Waals surface area contributed by atoms with Gasteiger partial charge < -0.3 is 11.1 Å². The first-order chi connectivity index (χ1) is 8.58. The van der Waals surface area contributed by atoms with Crippen LogP contribution in [0, 0.1) is 5.92 Å². The summed E-state index contributed by atoms with van der Waals surface area (Å²) in [4.78, 5) is 11.7. The Morgan fingerprint density at radius 3 is 2.56 bits per heavy atom. The summed E-state index contributed by atoms with van der Waals surface area (Å²) in [5.74, 6) is 0.547. The zero-order valence-electron chi connectivity index (χ0n) is 10.4. The normalized spacial score (nSPS) is 10.6. The fourth-order valence-electron chi connectivity index (χ4n) is 1.49. The van der Waals surface area contributed by atoms with Gasteiger partial charge in [0.15, 0.2) is 0 Å². The monoisotopic (exact) mass is 244 g/mol. The third-order valence-electron chi connectivity index (χ3n) is 2.56. The van der Waals surface area contributed by atoms with Crippen LogP contribution in [0.1, 0.15) is 13.8 Å². The van der Waals surface area contributed by atoms with Crippen molar-refractivity contribution in [3.63, 3.8) is 0 Å². The lowest BCUT2D eigenvalue weighted by molar-refractivity contribution is -0.118. The van der Waals surface area contributed by atoms with E-state index >= 15 is 0 Å². The highest BCUT2D eigenvalue weighted by molar-refractivity contribution is 5.91. The number of nitrogens with one attached hydrogen (secondary N) is 1. The summed E-state index contributed by atoms with van der Waals surface area (Å²) in [6.45, 7) is 3.69. The van der Waals surface area contributed by atoms with Crippen LogP contribution in [0.3, 0.4) is 0 Å². The van der Waals surface area contributed by atoms with Crippen LogP contribution in [-0.2, 0) is 4.79 Å². The van der Waals surface area contributed by atoms with Gasteiger partial charge in [0, 0.05) is 17.7 Å². The molecule has 2 rings (SSSR count). The van der Waals surface area contributed by atoms with E-state index < -0.39 is 0 Å². The molecule has 0 atom stereocenters. The molecule has 5 nitrogen and oxygen atoms in total. The largest absolute Gasteiger partial charge is 0.399 e. The molecule has 0 saturated heterocycles. The van der Waals surface area contributed by atoms with Crippen LogP contribution in [0.2, 0.25) is 0 Å². The first-order valence-corrected chi connectivity index (χ1v) is 5.78. The average Bonchev–Trinajstić information content (AvgIpc) is 2.78. The van der Waals surface area contributed by atoms with E-state index in [0.717, 1.165) is 5.69 Å². The summed E-state index contributed by atoms with van der Waals surface area (Å²) in [7, 11) is 0. The maximum absolute atomic E-state index is 11.7. The molecule has 1 aromatic carbocycles. The number of benzene rings is 1. The number of nitrogens with zero attached hydrogens (tertiary/aromatic N) is 2. The predicted molar refractivity (Wildman–Crippen MR) is 71.4 cm³/mol. The van der Waals surface area contributed by atoms with Crippen molar-refractivity contribution in [1.29, 1.82) is 0 Å². The molecule has 3 N–H and O–H groups in total. The molecule has 0 radical (unpaired) electrons. The molecule has 0 unspecified atom stereocenters. The first kappa shape index (κ1) is 12.2. The Morgan fingerprint density at radius 2 is 1.94 bits per heavy atom. The molecule has 0 fully saturated rings. The Bertz CT molecular complexity index is 542. The molecule has 0 spiro atoms. The Hall–Kier alpha value is -2.30. The van der Waals surface area contributed by atoms with E-state index in [-0.39, 0.29) is 11.8 Å². The Morgan fingerprint density at radius 1 is 1.28 bits per heavy atom. The molecule has 94 valence electrons. The average molecular weight is 244 g/mol. The summed E-state index contributed by atoms with van der Waals surface area (Å²) < 4.78 is 1.67. The van der Waals surface area contributed by atoms with Crippen molar-refractivity contribution in [2.45, 2.75) is 13.8 Å². The Balaban J connectivity index is 2.27. The molecule has 2 aromatic rings. The zero-order chi connectivity index (χ0) is 13.1. The topological polar surface area (TPSA) is 72.9 Å². The molecule has 0 aliphatic rings. The highest BCUT2D eigenvalue weighted by Gasteiger charge is 2.11. The Labute approximate surface area is 106 Å². The first-order valence-electron chi connectivity index (χ1n) is 5.78. The number of carbonyl (C=O) groups is 1. The van der Waals surface area contributed by atoms with Gasteiger partial charge in [-0.25, -0.2) is 4.68 Å². The number of hydrogen-bond acceptors (Lipinski definition) is 3. The maximum Gasteiger partial charge on any atom is 0.228 e. The standard InChI is InChI=1S/C13H16N4O/c1-9(2)13(18)16-12-7-8-15-17(12)11-5-3-10(14)4-6-11/h3-9H,14H2,1-2H3,(H,16,18). The minimum absolute atomic E-state index is 0.0350. The second-order valence-corrected chi connectivity index (χ2v) is 4.36. The maximum atomic E-state index is 11.7. The third-order valence-corrected chi connectivity index (χ3v) is 2.56. The summed E-state index contributed by atoms with van der Waals surface area (Å²) in [5, 5.41) is 7.02. The smallest absolute Gasteiger partial charge is 0.228 e. The van der Waals surface area contributed by atoms with Crippen molar-refractivity contribution in [3.8, 4) is 5.69 Å². The SMILES string of the molecule is CC(C)C(=O)Nc1ccnn1-c1ccc(N)cc1. The summed E-state index contributed by atoms with van der Waals surface area (Å²) in [5.41, 5.74) is 7.19. The van der Waals surface area contributed by atoms with Crippen LogP contribution in [0.25, 0.3) is 5.69 Å². The van der Waals surface area contributed by atoms with Crippen molar-refractivity contribution >= 4 is 17.4 Å². The number of nitrogens with two attached hydrogens (primary N) is 1. The van der Waals surface area contributed by atoms with E-state index in [1.807, 2.05) is 26.0 Å². The van der Waals surface area contributed by atoms with Crippen molar-refractivity contribution in [2.75, 3.05) is 11.1 Å². The van der Waals surface area contributed by atoms with Crippen LogP contribution >= 0.6 is 0 Å². The summed E-state index contributed by atoms with van der Waals surface area (Å²) in [6.07, 6.45) is 1.65. The van der Waals surface area contributed by atoms with Crippen LogP contribution in [0.15, 0.2) is 36.5 Å². The van der Waals surface area contributed by atoms with E-state index in [4.69, 9.17) is 5.73 Å². The Kier molecular flexibility index (Phi) is 3.32. The van der Waals surface area contributed by atoms with E-state index in [2.05, 4.69) is 10.4 Å². The number of hydrogen-bond donors (Lipinski definition) is 2. The van der Waals surface area contributed by atoms with Crippen molar-refractivity contribution < 1.29 is 4.79 Å². The van der Waals surface area contributed by atoms with Gasteiger partial charge in [0.1, 0.15) is 5.82 Å².